The van der Waals surface area contributed by atoms with Crippen LogP contribution in [0.1, 0.15) is 38.3 Å². The standard InChI is InChI=1S/C16H22ClN3O/c1-3-4-5-6-7-13-15(16(18)20-19-13)12-10-11(17)8-9-14(12)21-2/h8-10H,3-7H2,1-2H3,(H3,18,19,20). The highest BCUT2D eigenvalue weighted by Crippen LogP contribution is 2.37. The summed E-state index contributed by atoms with van der Waals surface area (Å²) in [6, 6.07) is 5.53. The number of anilines is 1. The smallest absolute Gasteiger partial charge is 0.153 e. The van der Waals surface area contributed by atoms with Gasteiger partial charge in [0.2, 0.25) is 0 Å². The second-order valence-electron chi connectivity index (χ2n) is 5.12. The minimum absolute atomic E-state index is 0.487. The molecule has 4 nitrogen and oxygen atoms in total. The minimum Gasteiger partial charge on any atom is -0.496 e. The Bertz CT molecular complexity index is 595. The van der Waals surface area contributed by atoms with Gasteiger partial charge in [-0.05, 0) is 31.0 Å². The highest BCUT2D eigenvalue weighted by molar-refractivity contribution is 6.31. The Kier molecular flexibility index (Phi) is 5.51. The summed E-state index contributed by atoms with van der Waals surface area (Å²) in [5.41, 5.74) is 8.88. The van der Waals surface area contributed by atoms with E-state index < -0.39 is 0 Å². The van der Waals surface area contributed by atoms with Gasteiger partial charge in [-0.25, -0.2) is 0 Å². The van der Waals surface area contributed by atoms with Gasteiger partial charge >= 0.3 is 0 Å². The topological polar surface area (TPSA) is 63.9 Å². The van der Waals surface area contributed by atoms with Gasteiger partial charge in [-0.1, -0.05) is 37.8 Å². The van der Waals surface area contributed by atoms with Crippen LogP contribution < -0.4 is 10.5 Å². The number of methoxy groups -OCH3 is 1. The fraction of sp³-hybridized carbons (Fsp3) is 0.438. The number of aryl methyl sites for hydroxylation is 1. The molecule has 0 aliphatic carbocycles. The van der Waals surface area contributed by atoms with Crippen LogP contribution in [-0.4, -0.2) is 17.3 Å². The first kappa shape index (κ1) is 15.7. The molecule has 1 heterocycles. The molecule has 114 valence electrons. The SMILES string of the molecule is CCCCCCc1[nH]nc(N)c1-c1cc(Cl)ccc1OC. The van der Waals surface area contributed by atoms with Gasteiger partial charge in [-0.15, -0.1) is 0 Å². The third-order valence-corrected chi connectivity index (χ3v) is 3.82. The lowest BCUT2D eigenvalue weighted by Gasteiger charge is -2.10. The zero-order valence-corrected chi connectivity index (χ0v) is 13.3. The molecule has 0 bridgehead atoms. The maximum atomic E-state index is 6.11. The molecular weight excluding hydrogens is 286 g/mol. The average Bonchev–Trinajstić information content (AvgIpc) is 2.84. The lowest BCUT2D eigenvalue weighted by Crippen LogP contribution is -1.95. The molecule has 1 aromatic carbocycles. The van der Waals surface area contributed by atoms with E-state index in [1.165, 1.54) is 19.3 Å². The number of hydrogen-bond acceptors (Lipinski definition) is 3. The number of aromatic amines is 1. The van der Waals surface area contributed by atoms with Crippen LogP contribution in [0.5, 0.6) is 5.75 Å². The molecule has 0 amide bonds. The summed E-state index contributed by atoms with van der Waals surface area (Å²) in [5.74, 6) is 1.24. The number of nitrogens with zero attached hydrogens (tertiary/aromatic N) is 1. The van der Waals surface area contributed by atoms with E-state index >= 15 is 0 Å². The zero-order chi connectivity index (χ0) is 15.2. The Balaban J connectivity index is 2.31. The fourth-order valence-corrected chi connectivity index (χ4v) is 2.65. The summed E-state index contributed by atoms with van der Waals surface area (Å²) in [4.78, 5) is 0. The summed E-state index contributed by atoms with van der Waals surface area (Å²) < 4.78 is 5.42. The Morgan fingerprint density at radius 2 is 2.10 bits per heavy atom. The number of nitrogens with one attached hydrogen (secondary N) is 1. The molecule has 0 saturated heterocycles. The van der Waals surface area contributed by atoms with Crippen molar-refractivity contribution in [2.75, 3.05) is 12.8 Å². The van der Waals surface area contributed by atoms with E-state index in [-0.39, 0.29) is 0 Å². The van der Waals surface area contributed by atoms with Crippen LogP contribution in [0.4, 0.5) is 5.82 Å². The van der Waals surface area contributed by atoms with Crippen molar-refractivity contribution in [1.82, 2.24) is 10.2 Å². The van der Waals surface area contributed by atoms with E-state index in [0.29, 0.717) is 10.8 Å². The van der Waals surface area contributed by atoms with Crippen molar-refractivity contribution in [1.29, 1.82) is 0 Å². The molecule has 0 fully saturated rings. The number of halogens is 1. The van der Waals surface area contributed by atoms with E-state index in [0.717, 1.165) is 35.4 Å². The van der Waals surface area contributed by atoms with Crippen molar-refractivity contribution in [3.63, 3.8) is 0 Å². The molecule has 0 radical (unpaired) electrons. The molecule has 1 aromatic heterocycles. The molecule has 0 spiro atoms. The van der Waals surface area contributed by atoms with Gasteiger partial charge in [0.25, 0.3) is 0 Å². The molecule has 0 aliphatic rings. The Labute approximate surface area is 130 Å². The second kappa shape index (κ2) is 7.36. The largest absolute Gasteiger partial charge is 0.496 e. The quantitative estimate of drug-likeness (QED) is 0.743. The molecule has 21 heavy (non-hydrogen) atoms. The van der Waals surface area contributed by atoms with E-state index in [9.17, 15) is 0 Å². The number of ether oxygens (including phenoxy) is 1. The molecule has 0 saturated carbocycles. The summed E-state index contributed by atoms with van der Waals surface area (Å²) in [5, 5.41) is 7.85. The zero-order valence-electron chi connectivity index (χ0n) is 12.6. The number of nitrogen functional groups attached to an aromatic ring is 1. The van der Waals surface area contributed by atoms with E-state index in [4.69, 9.17) is 22.1 Å². The fourth-order valence-electron chi connectivity index (χ4n) is 2.48. The molecule has 5 heteroatoms. The molecule has 0 atom stereocenters. The average molecular weight is 308 g/mol. The number of unbranched alkanes of at least 4 members (excludes halogenated alkanes) is 3. The van der Waals surface area contributed by atoms with Crippen molar-refractivity contribution in [3.05, 3.63) is 28.9 Å². The summed E-state index contributed by atoms with van der Waals surface area (Å²) in [6.45, 7) is 2.20. The van der Waals surface area contributed by atoms with Gasteiger partial charge < -0.3 is 10.5 Å². The number of benzene rings is 1. The van der Waals surface area contributed by atoms with Crippen LogP contribution in [0.25, 0.3) is 11.1 Å². The monoisotopic (exact) mass is 307 g/mol. The molecule has 3 N–H and O–H groups in total. The molecule has 2 aromatic rings. The Hall–Kier alpha value is -1.68. The van der Waals surface area contributed by atoms with Gasteiger partial charge in [0.05, 0.1) is 12.7 Å². The molecule has 0 aliphatic heterocycles. The van der Waals surface area contributed by atoms with Crippen molar-refractivity contribution in [3.8, 4) is 16.9 Å². The number of H-pyrrole nitrogens is 1. The Morgan fingerprint density at radius 3 is 2.81 bits per heavy atom. The molecular formula is C16H22ClN3O. The third-order valence-electron chi connectivity index (χ3n) is 3.58. The van der Waals surface area contributed by atoms with Gasteiger partial charge in [0.1, 0.15) is 5.75 Å². The van der Waals surface area contributed by atoms with Crippen molar-refractivity contribution < 1.29 is 4.74 Å². The Morgan fingerprint density at radius 1 is 1.29 bits per heavy atom. The lowest BCUT2D eigenvalue weighted by atomic mass is 10.0. The maximum absolute atomic E-state index is 6.11. The summed E-state index contributed by atoms with van der Waals surface area (Å²) in [6.07, 6.45) is 5.72. The van der Waals surface area contributed by atoms with Crippen molar-refractivity contribution >= 4 is 17.4 Å². The van der Waals surface area contributed by atoms with Crippen LogP contribution in [0.3, 0.4) is 0 Å². The predicted octanol–water partition coefficient (Wildman–Crippen LogP) is 4.44. The molecule has 0 unspecified atom stereocenters. The van der Waals surface area contributed by atoms with Crippen LogP contribution in [-0.2, 0) is 6.42 Å². The second-order valence-corrected chi connectivity index (χ2v) is 5.55. The van der Waals surface area contributed by atoms with E-state index in [1.54, 1.807) is 13.2 Å². The highest BCUT2D eigenvalue weighted by Gasteiger charge is 2.17. The normalized spacial score (nSPS) is 10.8. The number of nitrogens with two attached hydrogens (primary N) is 1. The van der Waals surface area contributed by atoms with Crippen LogP contribution in [0, 0.1) is 0 Å². The highest BCUT2D eigenvalue weighted by atomic mass is 35.5. The van der Waals surface area contributed by atoms with Crippen molar-refractivity contribution in [2.24, 2.45) is 0 Å². The predicted molar refractivity (Wildman–Crippen MR) is 87.8 cm³/mol. The lowest BCUT2D eigenvalue weighted by molar-refractivity contribution is 0.416. The van der Waals surface area contributed by atoms with Gasteiger partial charge in [0.15, 0.2) is 5.82 Å². The van der Waals surface area contributed by atoms with Gasteiger partial charge in [-0.3, -0.25) is 5.10 Å². The van der Waals surface area contributed by atoms with Crippen LogP contribution in [0.2, 0.25) is 5.02 Å². The molecule has 2 rings (SSSR count). The summed E-state index contributed by atoms with van der Waals surface area (Å²) >= 11 is 6.11. The first-order chi connectivity index (χ1) is 10.2. The number of rotatable bonds is 7. The number of hydrogen-bond donors (Lipinski definition) is 2. The van der Waals surface area contributed by atoms with E-state index in [2.05, 4.69) is 17.1 Å². The van der Waals surface area contributed by atoms with Gasteiger partial charge in [-0.2, -0.15) is 5.10 Å². The third kappa shape index (κ3) is 3.70. The van der Waals surface area contributed by atoms with Crippen LogP contribution in [0.15, 0.2) is 18.2 Å². The van der Waals surface area contributed by atoms with Crippen LogP contribution >= 0.6 is 11.6 Å². The first-order valence-electron chi connectivity index (χ1n) is 7.34. The first-order valence-corrected chi connectivity index (χ1v) is 7.71. The number of aromatic nitrogens is 2. The van der Waals surface area contributed by atoms with Crippen molar-refractivity contribution in [2.45, 2.75) is 39.0 Å². The minimum atomic E-state index is 0.487. The summed E-state index contributed by atoms with van der Waals surface area (Å²) in [7, 11) is 1.64. The maximum Gasteiger partial charge on any atom is 0.153 e. The van der Waals surface area contributed by atoms with Gasteiger partial charge in [0, 0.05) is 16.3 Å². The van der Waals surface area contributed by atoms with E-state index in [1.807, 2.05) is 12.1 Å².